The van der Waals surface area contributed by atoms with E-state index in [1.807, 2.05) is 45.0 Å². The van der Waals surface area contributed by atoms with Gasteiger partial charge in [-0.15, -0.1) is 0 Å². The zero-order valence-electron chi connectivity index (χ0n) is 23.7. The minimum absolute atomic E-state index is 0.00530. The van der Waals surface area contributed by atoms with Gasteiger partial charge in [0.25, 0.3) is 0 Å². The van der Waals surface area contributed by atoms with Crippen molar-refractivity contribution in [3.8, 4) is 0 Å². The molecule has 0 heterocycles. The lowest BCUT2D eigenvalue weighted by Crippen LogP contribution is -2.56. The molecule has 7 heteroatoms. The number of hydrogen-bond acceptors (Lipinski definition) is 4. The summed E-state index contributed by atoms with van der Waals surface area (Å²) in [7, 11) is 0. The maximum atomic E-state index is 14.1. The Bertz CT molecular complexity index is 891. The van der Waals surface area contributed by atoms with Crippen molar-refractivity contribution in [3.63, 3.8) is 0 Å². The Labute approximate surface area is 217 Å². The summed E-state index contributed by atoms with van der Waals surface area (Å²) in [6, 6.07) is 6.27. The molecular weight excluding hydrogens is 454 g/mol. The predicted molar refractivity (Wildman–Crippen MR) is 143 cm³/mol. The van der Waals surface area contributed by atoms with E-state index < -0.39 is 23.8 Å². The Hall–Kier alpha value is -2.57. The van der Waals surface area contributed by atoms with E-state index in [-0.39, 0.29) is 35.7 Å². The van der Waals surface area contributed by atoms with E-state index in [9.17, 15) is 14.4 Å². The summed E-state index contributed by atoms with van der Waals surface area (Å²) >= 11 is 0. The normalized spacial score (nSPS) is 19.7. The average molecular weight is 502 g/mol. The predicted octanol–water partition coefficient (Wildman–Crippen LogP) is 5.38. The first-order chi connectivity index (χ1) is 16.8. The molecule has 202 valence electrons. The average Bonchev–Trinajstić information content (AvgIpc) is 3.49. The van der Waals surface area contributed by atoms with Crippen LogP contribution < -0.4 is 10.6 Å². The van der Waals surface area contributed by atoms with Crippen LogP contribution in [0.5, 0.6) is 0 Å². The lowest BCUT2D eigenvalue weighted by atomic mass is 9.97. The van der Waals surface area contributed by atoms with Gasteiger partial charge in [0.15, 0.2) is 0 Å². The molecule has 1 aliphatic rings. The van der Waals surface area contributed by atoms with Gasteiger partial charge in [-0.05, 0) is 69.9 Å². The number of nitrogens with zero attached hydrogens (tertiary/aromatic N) is 1. The smallest absolute Gasteiger partial charge is 0.408 e. The molecule has 1 aliphatic carbocycles. The number of amides is 3. The van der Waals surface area contributed by atoms with E-state index in [1.165, 1.54) is 5.56 Å². The van der Waals surface area contributed by atoms with Crippen LogP contribution in [0.4, 0.5) is 4.79 Å². The molecule has 5 atom stereocenters. The van der Waals surface area contributed by atoms with Crippen LogP contribution >= 0.6 is 0 Å². The zero-order valence-corrected chi connectivity index (χ0v) is 23.7. The van der Waals surface area contributed by atoms with Gasteiger partial charge in [0.05, 0.1) is 0 Å². The Balaban J connectivity index is 2.47. The van der Waals surface area contributed by atoms with Gasteiger partial charge in [0.1, 0.15) is 17.7 Å². The van der Waals surface area contributed by atoms with Crippen molar-refractivity contribution in [2.24, 2.45) is 11.8 Å². The Morgan fingerprint density at radius 3 is 2.08 bits per heavy atom. The summed E-state index contributed by atoms with van der Waals surface area (Å²) in [6.45, 7) is 17.4. The van der Waals surface area contributed by atoms with Crippen molar-refractivity contribution >= 4 is 17.9 Å². The summed E-state index contributed by atoms with van der Waals surface area (Å²) < 4.78 is 5.44. The van der Waals surface area contributed by atoms with Crippen molar-refractivity contribution in [2.45, 2.75) is 118 Å². The molecule has 2 N–H and O–H groups in total. The highest BCUT2D eigenvalue weighted by molar-refractivity contribution is 5.93. The highest BCUT2D eigenvalue weighted by Gasteiger charge is 2.48. The fraction of sp³-hybridized carbons (Fsp3) is 0.690. The Morgan fingerprint density at radius 1 is 1.06 bits per heavy atom. The van der Waals surface area contributed by atoms with Crippen LogP contribution in [-0.4, -0.2) is 46.5 Å². The molecule has 1 saturated carbocycles. The second-order valence-electron chi connectivity index (χ2n) is 11.6. The number of hydrogen-bond donors (Lipinski definition) is 2. The number of rotatable bonds is 11. The second-order valence-corrected chi connectivity index (χ2v) is 11.6. The molecular formula is C29H47N3O4. The zero-order chi connectivity index (χ0) is 27.2. The molecule has 36 heavy (non-hydrogen) atoms. The van der Waals surface area contributed by atoms with Crippen LogP contribution in [0.3, 0.4) is 0 Å². The van der Waals surface area contributed by atoms with Crippen molar-refractivity contribution in [2.75, 3.05) is 0 Å². The monoisotopic (exact) mass is 501 g/mol. The fourth-order valence-corrected chi connectivity index (χ4v) is 4.48. The third-order valence-corrected chi connectivity index (χ3v) is 6.62. The molecule has 1 fully saturated rings. The standard InChI is InChI=1S/C29H47N3O4/c1-10-12-20(6)30-26(33)25(22-15-13-21(11-2)14-16-22)32(23-17-19(23)5)27(34)24(18(3)4)31-28(35)36-29(7,8)9/h13-16,18-20,23-25H,10-12,17H2,1-9H3,(H,30,33)(H,31,35). The first kappa shape index (κ1) is 29.7. The van der Waals surface area contributed by atoms with Gasteiger partial charge >= 0.3 is 6.09 Å². The maximum Gasteiger partial charge on any atom is 0.408 e. The van der Waals surface area contributed by atoms with Crippen LogP contribution in [0.2, 0.25) is 0 Å². The fourth-order valence-electron chi connectivity index (χ4n) is 4.48. The summed E-state index contributed by atoms with van der Waals surface area (Å²) in [5, 5.41) is 5.93. The Kier molecular flexibility index (Phi) is 10.4. The molecule has 1 aromatic rings. The summed E-state index contributed by atoms with van der Waals surface area (Å²) in [5.41, 5.74) is 1.26. The third kappa shape index (κ3) is 8.24. The molecule has 0 radical (unpaired) electrons. The minimum atomic E-state index is -0.814. The number of ether oxygens (including phenoxy) is 1. The van der Waals surface area contributed by atoms with Gasteiger partial charge in [-0.2, -0.15) is 0 Å². The highest BCUT2D eigenvalue weighted by atomic mass is 16.6. The molecule has 0 aliphatic heterocycles. The third-order valence-electron chi connectivity index (χ3n) is 6.62. The number of alkyl carbamates (subject to hydrolysis) is 1. The van der Waals surface area contributed by atoms with E-state index in [2.05, 4.69) is 31.4 Å². The molecule has 7 nitrogen and oxygen atoms in total. The van der Waals surface area contributed by atoms with Gasteiger partial charge in [-0.3, -0.25) is 9.59 Å². The number of aryl methyl sites for hydroxylation is 1. The van der Waals surface area contributed by atoms with Crippen LogP contribution in [0, 0.1) is 11.8 Å². The van der Waals surface area contributed by atoms with Crippen LogP contribution in [0.15, 0.2) is 24.3 Å². The number of carbonyl (C=O) groups excluding carboxylic acids is 3. The molecule has 2 rings (SSSR count). The van der Waals surface area contributed by atoms with Gasteiger partial charge in [0.2, 0.25) is 11.8 Å². The second kappa shape index (κ2) is 12.6. The van der Waals surface area contributed by atoms with Crippen LogP contribution in [0.1, 0.15) is 98.7 Å². The van der Waals surface area contributed by atoms with Crippen LogP contribution in [0.25, 0.3) is 0 Å². The van der Waals surface area contributed by atoms with Crippen molar-refractivity contribution in [1.82, 2.24) is 15.5 Å². The van der Waals surface area contributed by atoms with E-state index in [0.29, 0.717) is 0 Å². The quantitative estimate of drug-likeness (QED) is 0.426. The van der Waals surface area contributed by atoms with Gasteiger partial charge in [-0.25, -0.2) is 4.79 Å². The van der Waals surface area contributed by atoms with E-state index in [0.717, 1.165) is 31.2 Å². The van der Waals surface area contributed by atoms with Crippen molar-refractivity contribution in [3.05, 3.63) is 35.4 Å². The molecule has 5 unspecified atom stereocenters. The topological polar surface area (TPSA) is 87.7 Å². The van der Waals surface area contributed by atoms with Gasteiger partial charge in [0, 0.05) is 12.1 Å². The van der Waals surface area contributed by atoms with Gasteiger partial charge < -0.3 is 20.3 Å². The maximum absolute atomic E-state index is 14.1. The van der Waals surface area contributed by atoms with Crippen LogP contribution in [-0.2, 0) is 20.7 Å². The molecule has 0 spiro atoms. The number of carbonyl (C=O) groups is 3. The number of benzene rings is 1. The molecule has 0 bridgehead atoms. The largest absolute Gasteiger partial charge is 0.444 e. The van der Waals surface area contributed by atoms with Crippen molar-refractivity contribution in [1.29, 1.82) is 0 Å². The highest BCUT2D eigenvalue weighted by Crippen LogP contribution is 2.41. The summed E-state index contributed by atoms with van der Waals surface area (Å²) in [4.78, 5) is 42.2. The molecule has 0 saturated heterocycles. The molecule has 1 aromatic carbocycles. The lowest BCUT2D eigenvalue weighted by Gasteiger charge is -2.36. The first-order valence-electron chi connectivity index (χ1n) is 13.5. The van der Waals surface area contributed by atoms with E-state index in [4.69, 9.17) is 4.74 Å². The van der Waals surface area contributed by atoms with E-state index >= 15 is 0 Å². The number of nitrogens with one attached hydrogen (secondary N) is 2. The summed E-state index contributed by atoms with van der Waals surface area (Å²) in [5.74, 6) is -0.353. The SMILES string of the molecule is CCCC(C)NC(=O)C(c1ccc(CC)cc1)N(C(=O)C(NC(=O)OC(C)(C)C)C(C)C)C1CC1C. The molecule has 3 amide bonds. The first-order valence-corrected chi connectivity index (χ1v) is 13.5. The molecule has 0 aromatic heterocycles. The Morgan fingerprint density at radius 2 is 1.64 bits per heavy atom. The summed E-state index contributed by atoms with van der Waals surface area (Å²) in [6.07, 6.45) is 2.89. The van der Waals surface area contributed by atoms with E-state index in [1.54, 1.807) is 25.7 Å². The van der Waals surface area contributed by atoms with Crippen molar-refractivity contribution < 1.29 is 19.1 Å². The van der Waals surface area contributed by atoms with Gasteiger partial charge in [-0.1, -0.05) is 65.3 Å². The lowest BCUT2D eigenvalue weighted by molar-refractivity contribution is -0.144. The minimum Gasteiger partial charge on any atom is -0.444 e.